The van der Waals surface area contributed by atoms with Gasteiger partial charge in [-0.15, -0.1) is 0 Å². The average Bonchev–Trinajstić information content (AvgIpc) is 2.70. The highest BCUT2D eigenvalue weighted by atomic mass is 79.9. The summed E-state index contributed by atoms with van der Waals surface area (Å²) in [4.78, 5) is 7.30. The lowest BCUT2D eigenvalue weighted by Gasteiger charge is -2.29. The van der Waals surface area contributed by atoms with Crippen molar-refractivity contribution >= 4 is 15.9 Å². The molecule has 1 aliphatic heterocycles. The fourth-order valence-electron chi connectivity index (χ4n) is 1.80. The van der Waals surface area contributed by atoms with Gasteiger partial charge in [0, 0.05) is 30.3 Å². The van der Waals surface area contributed by atoms with Gasteiger partial charge < -0.3 is 9.47 Å². The zero-order valence-electron chi connectivity index (χ0n) is 8.27. The maximum Gasteiger partial charge on any atom is 0.0946 e. The lowest BCUT2D eigenvalue weighted by molar-refractivity contribution is 0.226. The third-order valence-electron chi connectivity index (χ3n) is 2.75. The third-order valence-corrected chi connectivity index (χ3v) is 3.67. The van der Waals surface area contributed by atoms with Crippen molar-refractivity contribution in [3.63, 3.8) is 0 Å². The topological polar surface area (TPSA) is 21.1 Å². The van der Waals surface area contributed by atoms with Crippen molar-refractivity contribution in [3.05, 3.63) is 18.7 Å². The van der Waals surface area contributed by atoms with Crippen LogP contribution in [0.4, 0.5) is 0 Å². The standard InChI is InChI=1S/C10H16BrN3/c11-10-1-4-13(5-2-10)7-8-14-6-3-12-9-14/h3,6,9-10H,1-2,4-5,7-8H2. The molecule has 0 amide bonds. The Morgan fingerprint density at radius 2 is 2.07 bits per heavy atom. The predicted molar refractivity (Wildman–Crippen MR) is 60.6 cm³/mol. The Kier molecular flexibility index (Phi) is 3.59. The fraction of sp³-hybridized carbons (Fsp3) is 0.700. The van der Waals surface area contributed by atoms with Crippen LogP contribution in [-0.4, -0.2) is 38.9 Å². The summed E-state index contributed by atoms with van der Waals surface area (Å²) in [7, 11) is 0. The molecule has 78 valence electrons. The molecule has 1 fully saturated rings. The Balaban J connectivity index is 1.71. The van der Waals surface area contributed by atoms with Crippen LogP contribution in [-0.2, 0) is 6.54 Å². The van der Waals surface area contributed by atoms with E-state index in [0.29, 0.717) is 0 Å². The van der Waals surface area contributed by atoms with Crippen molar-refractivity contribution in [1.29, 1.82) is 0 Å². The fourth-order valence-corrected chi connectivity index (χ4v) is 2.21. The maximum absolute atomic E-state index is 4.03. The molecule has 4 heteroatoms. The lowest BCUT2D eigenvalue weighted by atomic mass is 10.1. The van der Waals surface area contributed by atoms with Gasteiger partial charge >= 0.3 is 0 Å². The number of imidazole rings is 1. The summed E-state index contributed by atoms with van der Waals surface area (Å²) >= 11 is 3.66. The molecule has 0 aliphatic carbocycles. The minimum Gasteiger partial charge on any atom is -0.336 e. The van der Waals surface area contributed by atoms with Gasteiger partial charge in [0.2, 0.25) is 0 Å². The molecule has 0 atom stereocenters. The number of rotatable bonds is 3. The van der Waals surface area contributed by atoms with Crippen molar-refractivity contribution in [2.75, 3.05) is 19.6 Å². The van der Waals surface area contributed by atoms with E-state index in [0.717, 1.165) is 17.9 Å². The molecule has 0 N–H and O–H groups in total. The van der Waals surface area contributed by atoms with Gasteiger partial charge in [0.15, 0.2) is 0 Å². The molecule has 14 heavy (non-hydrogen) atoms. The number of nitrogens with zero attached hydrogens (tertiary/aromatic N) is 3. The Labute approximate surface area is 93.2 Å². The van der Waals surface area contributed by atoms with Crippen LogP contribution in [0.5, 0.6) is 0 Å². The number of halogens is 1. The van der Waals surface area contributed by atoms with Gasteiger partial charge in [-0.25, -0.2) is 4.98 Å². The van der Waals surface area contributed by atoms with Crippen LogP contribution in [0.3, 0.4) is 0 Å². The summed E-state index contributed by atoms with van der Waals surface area (Å²) in [5.41, 5.74) is 0. The smallest absolute Gasteiger partial charge is 0.0946 e. The monoisotopic (exact) mass is 257 g/mol. The quantitative estimate of drug-likeness (QED) is 0.770. The summed E-state index contributed by atoms with van der Waals surface area (Å²) in [6.45, 7) is 4.66. The van der Waals surface area contributed by atoms with Gasteiger partial charge in [0.05, 0.1) is 6.33 Å². The van der Waals surface area contributed by atoms with E-state index in [1.54, 1.807) is 0 Å². The summed E-state index contributed by atoms with van der Waals surface area (Å²) in [5.74, 6) is 0. The van der Waals surface area contributed by atoms with Gasteiger partial charge in [-0.05, 0) is 25.9 Å². The minimum absolute atomic E-state index is 0.743. The molecule has 1 aliphatic rings. The van der Waals surface area contributed by atoms with Crippen molar-refractivity contribution in [2.24, 2.45) is 0 Å². The van der Waals surface area contributed by atoms with E-state index >= 15 is 0 Å². The average molecular weight is 258 g/mol. The van der Waals surface area contributed by atoms with Crippen LogP contribution < -0.4 is 0 Å². The van der Waals surface area contributed by atoms with Crippen LogP contribution in [0.1, 0.15) is 12.8 Å². The molecule has 0 unspecified atom stereocenters. The molecule has 0 aromatic carbocycles. The summed E-state index contributed by atoms with van der Waals surface area (Å²) in [5, 5.41) is 0. The highest BCUT2D eigenvalue weighted by Crippen LogP contribution is 2.16. The van der Waals surface area contributed by atoms with Crippen LogP contribution in [0, 0.1) is 0 Å². The Morgan fingerprint density at radius 3 is 2.71 bits per heavy atom. The molecule has 2 heterocycles. The normalized spacial score (nSPS) is 20.1. The SMILES string of the molecule is BrC1CCN(CCn2ccnc2)CC1. The second kappa shape index (κ2) is 4.94. The van der Waals surface area contributed by atoms with Crippen molar-refractivity contribution in [3.8, 4) is 0 Å². The molecule has 0 radical (unpaired) electrons. The molecule has 0 saturated carbocycles. The maximum atomic E-state index is 4.03. The molecule has 3 nitrogen and oxygen atoms in total. The van der Waals surface area contributed by atoms with E-state index in [1.807, 2.05) is 18.7 Å². The zero-order chi connectivity index (χ0) is 9.80. The number of aromatic nitrogens is 2. The first-order chi connectivity index (χ1) is 6.84. The van der Waals surface area contributed by atoms with E-state index in [1.165, 1.54) is 25.9 Å². The van der Waals surface area contributed by atoms with Crippen LogP contribution in [0.15, 0.2) is 18.7 Å². The van der Waals surface area contributed by atoms with E-state index in [4.69, 9.17) is 0 Å². The molecular formula is C10H16BrN3. The van der Waals surface area contributed by atoms with Crippen LogP contribution in [0.2, 0.25) is 0 Å². The summed E-state index contributed by atoms with van der Waals surface area (Å²) < 4.78 is 2.14. The van der Waals surface area contributed by atoms with Gasteiger partial charge in [0.1, 0.15) is 0 Å². The van der Waals surface area contributed by atoms with Crippen LogP contribution in [0.25, 0.3) is 0 Å². The van der Waals surface area contributed by atoms with Gasteiger partial charge in [-0.2, -0.15) is 0 Å². The number of likely N-dealkylation sites (tertiary alicyclic amines) is 1. The number of alkyl halides is 1. The van der Waals surface area contributed by atoms with Crippen molar-refractivity contribution in [1.82, 2.24) is 14.5 Å². The number of piperidine rings is 1. The van der Waals surface area contributed by atoms with Crippen LogP contribution >= 0.6 is 15.9 Å². The summed E-state index contributed by atoms with van der Waals surface area (Å²) in [6, 6.07) is 0. The van der Waals surface area contributed by atoms with Gasteiger partial charge in [-0.1, -0.05) is 15.9 Å². The highest BCUT2D eigenvalue weighted by molar-refractivity contribution is 9.09. The Hall–Kier alpha value is -0.350. The van der Waals surface area contributed by atoms with E-state index in [9.17, 15) is 0 Å². The lowest BCUT2D eigenvalue weighted by Crippen LogP contribution is -2.35. The molecule has 1 aromatic heterocycles. The van der Waals surface area contributed by atoms with E-state index in [-0.39, 0.29) is 0 Å². The van der Waals surface area contributed by atoms with Crippen molar-refractivity contribution < 1.29 is 0 Å². The van der Waals surface area contributed by atoms with Gasteiger partial charge in [-0.3, -0.25) is 0 Å². The van der Waals surface area contributed by atoms with Gasteiger partial charge in [0.25, 0.3) is 0 Å². The first kappa shape index (κ1) is 10.2. The molecule has 1 saturated heterocycles. The molecule has 2 rings (SSSR count). The largest absolute Gasteiger partial charge is 0.336 e. The second-order valence-electron chi connectivity index (χ2n) is 3.82. The first-order valence-corrected chi connectivity index (χ1v) is 6.08. The minimum atomic E-state index is 0.743. The Bertz CT molecular complexity index is 252. The summed E-state index contributed by atoms with van der Waals surface area (Å²) in [6.07, 6.45) is 8.31. The molecule has 0 spiro atoms. The van der Waals surface area contributed by atoms with Crippen molar-refractivity contribution in [2.45, 2.75) is 24.2 Å². The zero-order valence-corrected chi connectivity index (χ0v) is 9.86. The first-order valence-electron chi connectivity index (χ1n) is 5.17. The Morgan fingerprint density at radius 1 is 1.29 bits per heavy atom. The second-order valence-corrected chi connectivity index (χ2v) is 5.11. The van der Waals surface area contributed by atoms with E-state index in [2.05, 4.69) is 30.4 Å². The highest BCUT2D eigenvalue weighted by Gasteiger charge is 2.15. The number of hydrogen-bond acceptors (Lipinski definition) is 2. The van der Waals surface area contributed by atoms with E-state index < -0.39 is 0 Å². The molecular weight excluding hydrogens is 242 g/mol. The number of hydrogen-bond donors (Lipinski definition) is 0. The molecule has 1 aromatic rings. The predicted octanol–water partition coefficient (Wildman–Crippen LogP) is 1.74. The molecule has 0 bridgehead atoms. The third kappa shape index (κ3) is 2.82.